The van der Waals surface area contributed by atoms with Crippen LogP contribution in [0.3, 0.4) is 0 Å². The quantitative estimate of drug-likeness (QED) is 0.452. The van der Waals surface area contributed by atoms with E-state index < -0.39 is 8.32 Å². The molecular weight excluding hydrogens is 268 g/mol. The lowest BCUT2D eigenvalue weighted by Crippen LogP contribution is -2.55. The van der Waals surface area contributed by atoms with Gasteiger partial charge in [-0.3, -0.25) is 0 Å². The normalized spacial score (nSPS) is 40.1. The highest BCUT2D eigenvalue weighted by molar-refractivity contribution is 6.74. The van der Waals surface area contributed by atoms with Crippen LogP contribution in [-0.2, 0) is 14.0 Å². The van der Waals surface area contributed by atoms with E-state index in [4.69, 9.17) is 9.16 Å². The molecule has 1 saturated carbocycles. The van der Waals surface area contributed by atoms with Gasteiger partial charge in [0.25, 0.3) is 0 Å². The Balaban J connectivity index is 2.23. The third-order valence-electron chi connectivity index (χ3n) is 6.03. The summed E-state index contributed by atoms with van der Waals surface area (Å²) < 4.78 is 12.5. The van der Waals surface area contributed by atoms with Crippen molar-refractivity contribution in [1.29, 1.82) is 0 Å². The van der Waals surface area contributed by atoms with E-state index >= 15 is 0 Å². The van der Waals surface area contributed by atoms with Gasteiger partial charge in [0.15, 0.2) is 8.32 Å². The van der Waals surface area contributed by atoms with Gasteiger partial charge in [-0.25, -0.2) is 0 Å². The number of rotatable bonds is 3. The van der Waals surface area contributed by atoms with Gasteiger partial charge in [-0.2, -0.15) is 0 Å². The smallest absolute Gasteiger partial charge is 0.192 e. The predicted octanol–water partition coefficient (Wildman–Crippen LogP) is 3.78. The largest absolute Gasteiger partial charge is 0.413 e. The molecular formula is C16H30O3Si. The Bertz CT molecular complexity index is 410. The summed E-state index contributed by atoms with van der Waals surface area (Å²) >= 11 is 0. The Hall–Kier alpha value is -0.193. The number of ether oxygens (including phenoxy) is 1. The lowest BCUT2D eigenvalue weighted by Gasteiger charge is -2.48. The van der Waals surface area contributed by atoms with Crippen LogP contribution >= 0.6 is 0 Å². The van der Waals surface area contributed by atoms with E-state index in [2.05, 4.69) is 54.6 Å². The van der Waals surface area contributed by atoms with Crippen LogP contribution in [0.2, 0.25) is 18.1 Å². The Morgan fingerprint density at radius 1 is 1.25 bits per heavy atom. The Morgan fingerprint density at radius 3 is 2.25 bits per heavy atom. The highest BCUT2D eigenvalue weighted by Crippen LogP contribution is 2.58. The van der Waals surface area contributed by atoms with Crippen molar-refractivity contribution < 1.29 is 14.0 Å². The van der Waals surface area contributed by atoms with Crippen LogP contribution < -0.4 is 0 Å². The number of carbonyl (C=O) groups is 1. The van der Waals surface area contributed by atoms with Crippen LogP contribution in [0.4, 0.5) is 0 Å². The van der Waals surface area contributed by atoms with Crippen LogP contribution in [0.1, 0.15) is 48.0 Å². The lowest BCUT2D eigenvalue weighted by atomic mass is 9.63. The average molecular weight is 298 g/mol. The zero-order valence-corrected chi connectivity index (χ0v) is 15.2. The fraction of sp³-hybridized carbons (Fsp3) is 0.938. The highest BCUT2D eigenvalue weighted by Gasteiger charge is 2.68. The Kier molecular flexibility index (Phi) is 3.56. The number of hydrogen-bond acceptors (Lipinski definition) is 3. The summed E-state index contributed by atoms with van der Waals surface area (Å²) in [6.07, 6.45) is 2.31. The molecule has 1 saturated heterocycles. The van der Waals surface area contributed by atoms with Gasteiger partial charge in [0.05, 0.1) is 18.1 Å². The van der Waals surface area contributed by atoms with Crippen molar-refractivity contribution in [3.63, 3.8) is 0 Å². The lowest BCUT2D eigenvalue weighted by molar-refractivity contribution is -0.122. The van der Waals surface area contributed by atoms with E-state index in [0.717, 1.165) is 12.7 Å². The molecule has 0 amide bonds. The first-order valence-corrected chi connectivity index (χ1v) is 10.6. The fourth-order valence-corrected chi connectivity index (χ4v) is 4.77. The minimum absolute atomic E-state index is 0.0801. The molecule has 3 nitrogen and oxygen atoms in total. The van der Waals surface area contributed by atoms with Gasteiger partial charge < -0.3 is 14.0 Å². The van der Waals surface area contributed by atoms with Gasteiger partial charge in [0.1, 0.15) is 11.9 Å². The minimum Gasteiger partial charge on any atom is -0.413 e. The monoisotopic (exact) mass is 298 g/mol. The molecule has 4 atom stereocenters. The molecule has 0 radical (unpaired) electrons. The summed E-state index contributed by atoms with van der Waals surface area (Å²) in [5.41, 5.74) is -0.419. The highest BCUT2D eigenvalue weighted by atomic mass is 28.4. The molecule has 1 heterocycles. The summed E-state index contributed by atoms with van der Waals surface area (Å²) in [4.78, 5) is 11.6. The molecule has 2 rings (SSSR count). The molecule has 1 aliphatic heterocycles. The number of hydrogen-bond donors (Lipinski definition) is 0. The first-order chi connectivity index (χ1) is 8.86. The van der Waals surface area contributed by atoms with Gasteiger partial charge in [0.2, 0.25) is 0 Å². The van der Waals surface area contributed by atoms with Crippen LogP contribution in [-0.4, -0.2) is 32.4 Å². The molecule has 0 N–H and O–H groups in total. The molecule has 0 unspecified atom stereocenters. The third-order valence-corrected chi connectivity index (χ3v) is 10.5. The van der Waals surface area contributed by atoms with Crippen LogP contribution in [0.15, 0.2) is 0 Å². The van der Waals surface area contributed by atoms with Crippen molar-refractivity contribution in [2.75, 3.05) is 0 Å². The Labute approximate surface area is 124 Å². The maximum atomic E-state index is 11.6. The third kappa shape index (κ3) is 2.30. The summed E-state index contributed by atoms with van der Waals surface area (Å²) in [6.45, 7) is 17.7. The van der Waals surface area contributed by atoms with E-state index in [9.17, 15) is 4.79 Å². The van der Waals surface area contributed by atoms with Crippen LogP contribution in [0.5, 0.6) is 0 Å². The van der Waals surface area contributed by atoms with Gasteiger partial charge in [0, 0.05) is 11.8 Å². The summed E-state index contributed by atoms with van der Waals surface area (Å²) in [5.74, 6) is -0.0801. The first kappa shape index (κ1) is 16.2. The topological polar surface area (TPSA) is 38.8 Å². The van der Waals surface area contributed by atoms with Gasteiger partial charge in [-0.1, -0.05) is 34.6 Å². The zero-order chi connectivity index (χ0) is 15.6. The molecule has 0 aromatic rings. The molecule has 1 aliphatic carbocycles. The van der Waals surface area contributed by atoms with Crippen molar-refractivity contribution >= 4 is 14.6 Å². The van der Waals surface area contributed by atoms with Crippen molar-refractivity contribution in [1.82, 2.24) is 0 Å². The SMILES string of the molecule is CC1(C)[C@@H](C=O)[C@@]2(C)O[C@H]2C[C@H]1O[Si](C)(C)C(C)(C)C. The van der Waals surface area contributed by atoms with Gasteiger partial charge >= 0.3 is 0 Å². The van der Waals surface area contributed by atoms with Gasteiger partial charge in [-0.15, -0.1) is 0 Å². The maximum absolute atomic E-state index is 11.6. The molecule has 2 fully saturated rings. The Morgan fingerprint density at radius 2 is 1.80 bits per heavy atom. The van der Waals surface area contributed by atoms with E-state index in [1.807, 2.05) is 0 Å². The molecule has 0 spiro atoms. The second-order valence-corrected chi connectivity index (χ2v) is 13.6. The molecule has 0 bridgehead atoms. The van der Waals surface area contributed by atoms with E-state index in [-0.39, 0.29) is 34.2 Å². The standard InChI is InChI=1S/C16H30O3Si/c1-14(2,3)20(7,8)19-12-9-13-16(6,18-13)11(10-17)15(12,4)5/h10-13H,9H2,1-8H3/t11-,12-,13+,16-/m1/s1. The molecule has 0 aromatic heterocycles. The van der Waals surface area contributed by atoms with E-state index in [1.54, 1.807) is 0 Å². The fourth-order valence-electron chi connectivity index (χ4n) is 3.31. The second kappa shape index (κ2) is 4.40. The zero-order valence-electron chi connectivity index (χ0n) is 14.2. The van der Waals surface area contributed by atoms with Crippen LogP contribution in [0.25, 0.3) is 0 Å². The predicted molar refractivity (Wildman–Crippen MR) is 83.3 cm³/mol. The first-order valence-electron chi connectivity index (χ1n) is 7.67. The van der Waals surface area contributed by atoms with Crippen molar-refractivity contribution in [3.05, 3.63) is 0 Å². The van der Waals surface area contributed by atoms with E-state index in [1.165, 1.54) is 0 Å². The molecule has 0 aromatic carbocycles. The summed E-state index contributed by atoms with van der Waals surface area (Å²) in [7, 11) is -1.83. The van der Waals surface area contributed by atoms with Gasteiger partial charge in [-0.05, 0) is 25.1 Å². The average Bonchev–Trinajstić information content (AvgIpc) is 2.87. The van der Waals surface area contributed by atoms with Crippen LogP contribution in [0, 0.1) is 11.3 Å². The van der Waals surface area contributed by atoms with Crippen molar-refractivity contribution in [2.45, 2.75) is 83.9 Å². The molecule has 20 heavy (non-hydrogen) atoms. The number of aldehydes is 1. The number of carbonyl (C=O) groups excluding carboxylic acids is 1. The molecule has 2 aliphatic rings. The van der Waals surface area contributed by atoms with Crippen molar-refractivity contribution in [3.8, 4) is 0 Å². The van der Waals surface area contributed by atoms with E-state index in [0.29, 0.717) is 0 Å². The summed E-state index contributed by atoms with van der Waals surface area (Å²) in [6, 6.07) is 0. The maximum Gasteiger partial charge on any atom is 0.192 e. The molecule has 4 heteroatoms. The number of epoxide rings is 1. The van der Waals surface area contributed by atoms with Crippen molar-refractivity contribution in [2.24, 2.45) is 11.3 Å². The molecule has 116 valence electrons. The number of fused-ring (bicyclic) bond motifs is 1. The minimum atomic E-state index is -1.83. The second-order valence-electron chi connectivity index (χ2n) is 8.83. The summed E-state index contributed by atoms with van der Waals surface area (Å²) in [5, 5.41) is 0.185.